The van der Waals surface area contributed by atoms with Crippen LogP contribution >= 0.6 is 23.1 Å². The van der Waals surface area contributed by atoms with Gasteiger partial charge in [-0.25, -0.2) is 13.1 Å². The second kappa shape index (κ2) is 6.64. The number of hydrogen-bond donors (Lipinski definition) is 1. The third-order valence-electron chi connectivity index (χ3n) is 2.12. The molecule has 0 aliphatic carbocycles. The fourth-order valence-corrected chi connectivity index (χ4v) is 3.74. The number of thiophene rings is 1. The van der Waals surface area contributed by atoms with Crippen molar-refractivity contribution in [3.05, 3.63) is 22.4 Å². The van der Waals surface area contributed by atoms with E-state index in [9.17, 15) is 8.42 Å². The predicted octanol–water partition coefficient (Wildman–Crippen LogP) is 2.48. The molecular weight excluding hydrogens is 262 g/mol. The Morgan fingerprint density at radius 2 is 2.31 bits per heavy atom. The van der Waals surface area contributed by atoms with Crippen molar-refractivity contribution < 1.29 is 8.42 Å². The van der Waals surface area contributed by atoms with Crippen LogP contribution in [-0.2, 0) is 10.0 Å². The summed E-state index contributed by atoms with van der Waals surface area (Å²) in [6.45, 7) is 4.30. The molecule has 1 aromatic heterocycles. The average Bonchev–Trinajstić information content (AvgIpc) is 2.77. The normalized spacial score (nSPS) is 13.9. The van der Waals surface area contributed by atoms with Crippen molar-refractivity contribution in [1.82, 2.24) is 4.72 Å². The second-order valence-corrected chi connectivity index (χ2v) is 7.85. The lowest BCUT2D eigenvalue weighted by atomic mass is 10.4. The summed E-state index contributed by atoms with van der Waals surface area (Å²) < 4.78 is 24.9. The van der Waals surface area contributed by atoms with Gasteiger partial charge < -0.3 is 0 Å². The maximum atomic E-state index is 11.2. The Morgan fingerprint density at radius 3 is 2.88 bits per heavy atom. The van der Waals surface area contributed by atoms with Gasteiger partial charge in [-0.05, 0) is 25.3 Å². The summed E-state index contributed by atoms with van der Waals surface area (Å²) in [6.07, 6.45) is 0. The van der Waals surface area contributed by atoms with Crippen LogP contribution in [0.5, 0.6) is 0 Å². The summed E-state index contributed by atoms with van der Waals surface area (Å²) in [5.74, 6) is 0.955. The summed E-state index contributed by atoms with van der Waals surface area (Å²) in [7, 11) is -3.03. The van der Waals surface area contributed by atoms with E-state index in [4.69, 9.17) is 0 Å². The molecule has 1 unspecified atom stereocenters. The van der Waals surface area contributed by atoms with Crippen LogP contribution in [0.25, 0.3) is 0 Å². The monoisotopic (exact) mass is 279 g/mol. The molecule has 0 amide bonds. The zero-order valence-electron chi connectivity index (χ0n) is 9.47. The topological polar surface area (TPSA) is 46.2 Å². The van der Waals surface area contributed by atoms with Crippen molar-refractivity contribution in [3.8, 4) is 0 Å². The Balaban J connectivity index is 2.22. The van der Waals surface area contributed by atoms with Crippen LogP contribution in [0.3, 0.4) is 0 Å². The lowest BCUT2D eigenvalue weighted by Gasteiger charge is -2.09. The molecule has 0 fully saturated rings. The van der Waals surface area contributed by atoms with E-state index >= 15 is 0 Å². The average molecular weight is 279 g/mol. The number of nitrogens with one attached hydrogen (secondary N) is 1. The zero-order chi connectivity index (χ0) is 12.0. The van der Waals surface area contributed by atoms with E-state index in [1.165, 1.54) is 4.88 Å². The number of rotatable bonds is 7. The smallest absolute Gasteiger partial charge is 0.211 e. The Kier molecular flexibility index (Phi) is 5.82. The van der Waals surface area contributed by atoms with E-state index < -0.39 is 10.0 Å². The van der Waals surface area contributed by atoms with Gasteiger partial charge in [0.1, 0.15) is 0 Å². The molecule has 1 aromatic rings. The number of hydrogen-bond acceptors (Lipinski definition) is 4. The molecule has 1 atom stereocenters. The van der Waals surface area contributed by atoms with Crippen molar-refractivity contribution >= 4 is 33.1 Å². The molecular formula is C10H17NO2S3. The minimum atomic E-state index is -3.03. The number of thioether (sulfide) groups is 1. The summed E-state index contributed by atoms with van der Waals surface area (Å²) in [4.78, 5) is 1.34. The summed E-state index contributed by atoms with van der Waals surface area (Å²) in [6, 6.07) is 4.15. The van der Waals surface area contributed by atoms with E-state index in [1.54, 1.807) is 30.0 Å². The van der Waals surface area contributed by atoms with Crippen LogP contribution in [0, 0.1) is 0 Å². The first-order chi connectivity index (χ1) is 7.55. The van der Waals surface area contributed by atoms with Gasteiger partial charge in [-0.2, -0.15) is 11.8 Å². The number of sulfonamides is 1. The molecule has 0 bridgehead atoms. The fourth-order valence-electron chi connectivity index (χ4n) is 1.14. The molecule has 0 spiro atoms. The molecule has 1 rings (SSSR count). The molecule has 0 aliphatic rings. The van der Waals surface area contributed by atoms with Crippen molar-refractivity contribution in [3.63, 3.8) is 0 Å². The van der Waals surface area contributed by atoms with Gasteiger partial charge in [0, 0.05) is 22.4 Å². The van der Waals surface area contributed by atoms with Crippen LogP contribution in [0.2, 0.25) is 0 Å². The van der Waals surface area contributed by atoms with Crippen LogP contribution < -0.4 is 4.72 Å². The maximum absolute atomic E-state index is 11.2. The summed E-state index contributed by atoms with van der Waals surface area (Å²) in [5, 5.41) is 2.50. The summed E-state index contributed by atoms with van der Waals surface area (Å²) in [5.41, 5.74) is 0. The Labute approximate surface area is 106 Å². The molecule has 3 nitrogen and oxygen atoms in total. The van der Waals surface area contributed by atoms with Gasteiger partial charge in [-0.3, -0.25) is 0 Å². The van der Waals surface area contributed by atoms with Crippen LogP contribution in [-0.4, -0.2) is 26.5 Å². The maximum Gasteiger partial charge on any atom is 0.211 e. The van der Waals surface area contributed by atoms with E-state index in [2.05, 4.69) is 23.1 Å². The standard InChI is InChI=1S/C10H17NO2S3/c1-3-16(12,13)11-6-8-14-9(2)10-5-4-7-15-10/h4-5,7,9,11H,3,6,8H2,1-2H3. The van der Waals surface area contributed by atoms with E-state index in [1.807, 2.05) is 6.07 Å². The van der Waals surface area contributed by atoms with Gasteiger partial charge in [0.15, 0.2) is 0 Å². The molecule has 0 radical (unpaired) electrons. The van der Waals surface area contributed by atoms with Crippen molar-refractivity contribution in [2.45, 2.75) is 19.1 Å². The van der Waals surface area contributed by atoms with Gasteiger partial charge in [0.25, 0.3) is 0 Å². The van der Waals surface area contributed by atoms with Gasteiger partial charge in [0.2, 0.25) is 10.0 Å². The van der Waals surface area contributed by atoms with Gasteiger partial charge >= 0.3 is 0 Å². The first-order valence-corrected chi connectivity index (χ1v) is 8.75. The van der Waals surface area contributed by atoms with Crippen LogP contribution in [0.15, 0.2) is 17.5 Å². The quantitative estimate of drug-likeness (QED) is 0.780. The molecule has 16 heavy (non-hydrogen) atoms. The van der Waals surface area contributed by atoms with E-state index in [0.717, 1.165) is 5.75 Å². The molecule has 0 aliphatic heterocycles. The molecule has 0 aromatic carbocycles. The first-order valence-electron chi connectivity index (χ1n) is 5.17. The van der Waals surface area contributed by atoms with Gasteiger partial charge in [-0.1, -0.05) is 6.07 Å². The molecule has 92 valence electrons. The highest BCUT2D eigenvalue weighted by atomic mass is 32.2. The minimum absolute atomic E-state index is 0.151. The second-order valence-electron chi connectivity index (χ2n) is 3.33. The fraction of sp³-hybridized carbons (Fsp3) is 0.600. The van der Waals surface area contributed by atoms with Gasteiger partial charge in [0.05, 0.1) is 5.75 Å². The highest BCUT2D eigenvalue weighted by Gasteiger charge is 2.08. The Bertz CT molecular complexity index is 386. The Hall–Kier alpha value is -0.0400. The van der Waals surface area contributed by atoms with Crippen LogP contribution in [0.4, 0.5) is 0 Å². The SMILES string of the molecule is CCS(=O)(=O)NCCSC(C)c1cccs1. The summed E-state index contributed by atoms with van der Waals surface area (Å²) >= 11 is 3.51. The zero-order valence-corrected chi connectivity index (χ0v) is 11.9. The third kappa shape index (κ3) is 4.86. The molecule has 0 saturated heterocycles. The predicted molar refractivity (Wildman–Crippen MR) is 72.7 cm³/mol. The third-order valence-corrected chi connectivity index (χ3v) is 5.92. The Morgan fingerprint density at radius 1 is 1.56 bits per heavy atom. The van der Waals surface area contributed by atoms with Crippen molar-refractivity contribution in [2.75, 3.05) is 18.1 Å². The highest BCUT2D eigenvalue weighted by Crippen LogP contribution is 2.30. The molecule has 1 N–H and O–H groups in total. The van der Waals surface area contributed by atoms with Crippen LogP contribution in [0.1, 0.15) is 24.0 Å². The van der Waals surface area contributed by atoms with E-state index in [0.29, 0.717) is 11.8 Å². The van der Waals surface area contributed by atoms with E-state index in [-0.39, 0.29) is 5.75 Å². The molecule has 1 heterocycles. The first kappa shape index (κ1) is 14.0. The largest absolute Gasteiger partial charge is 0.214 e. The van der Waals surface area contributed by atoms with Crippen molar-refractivity contribution in [1.29, 1.82) is 0 Å². The lowest BCUT2D eigenvalue weighted by Crippen LogP contribution is -2.27. The minimum Gasteiger partial charge on any atom is -0.214 e. The van der Waals surface area contributed by atoms with Crippen molar-refractivity contribution in [2.24, 2.45) is 0 Å². The van der Waals surface area contributed by atoms with Gasteiger partial charge in [-0.15, -0.1) is 11.3 Å². The lowest BCUT2D eigenvalue weighted by molar-refractivity contribution is 0.585. The highest BCUT2D eigenvalue weighted by molar-refractivity contribution is 7.99. The molecule has 6 heteroatoms. The molecule has 0 saturated carbocycles.